The number of aryl methyl sites for hydroxylation is 1. The Labute approximate surface area is 129 Å². The SMILES string of the molecule is Cc1ccnc2nc(C(=O)NC3CCN(C(C)C)CC3)nn12. The van der Waals surface area contributed by atoms with Crippen molar-refractivity contribution in [2.45, 2.75) is 45.7 Å². The predicted octanol–water partition coefficient (Wildman–Crippen LogP) is 1.04. The van der Waals surface area contributed by atoms with E-state index in [-0.39, 0.29) is 17.8 Å². The Hall–Kier alpha value is -2.02. The zero-order chi connectivity index (χ0) is 15.7. The van der Waals surface area contributed by atoms with Gasteiger partial charge in [-0.3, -0.25) is 4.79 Å². The van der Waals surface area contributed by atoms with Gasteiger partial charge in [0.05, 0.1) is 0 Å². The highest BCUT2D eigenvalue weighted by Gasteiger charge is 2.24. The van der Waals surface area contributed by atoms with Crippen LogP contribution in [0.15, 0.2) is 12.3 Å². The summed E-state index contributed by atoms with van der Waals surface area (Å²) in [5.74, 6) is 0.431. The van der Waals surface area contributed by atoms with Crippen LogP contribution >= 0.6 is 0 Å². The van der Waals surface area contributed by atoms with Crippen LogP contribution in [-0.4, -0.2) is 55.6 Å². The fraction of sp³-hybridized carbons (Fsp3) is 0.600. The molecule has 1 amide bonds. The molecule has 2 aromatic heterocycles. The first-order valence-electron chi connectivity index (χ1n) is 7.78. The number of amides is 1. The van der Waals surface area contributed by atoms with Crippen molar-refractivity contribution in [2.75, 3.05) is 13.1 Å². The first-order valence-corrected chi connectivity index (χ1v) is 7.78. The highest BCUT2D eigenvalue weighted by atomic mass is 16.2. The van der Waals surface area contributed by atoms with Crippen LogP contribution < -0.4 is 5.32 Å². The van der Waals surface area contributed by atoms with Gasteiger partial charge in [-0.25, -0.2) is 9.50 Å². The minimum absolute atomic E-state index is 0.188. The summed E-state index contributed by atoms with van der Waals surface area (Å²) in [5.41, 5.74) is 0.904. The molecule has 7 nitrogen and oxygen atoms in total. The summed E-state index contributed by atoms with van der Waals surface area (Å²) in [6, 6.07) is 2.60. The molecule has 0 atom stereocenters. The van der Waals surface area contributed by atoms with Gasteiger partial charge >= 0.3 is 0 Å². The number of nitrogens with one attached hydrogen (secondary N) is 1. The second kappa shape index (κ2) is 6.00. The van der Waals surface area contributed by atoms with E-state index in [0.29, 0.717) is 11.8 Å². The van der Waals surface area contributed by atoms with Crippen molar-refractivity contribution in [1.82, 2.24) is 29.8 Å². The van der Waals surface area contributed by atoms with Gasteiger partial charge in [0.25, 0.3) is 11.7 Å². The van der Waals surface area contributed by atoms with Crippen LogP contribution in [0.3, 0.4) is 0 Å². The van der Waals surface area contributed by atoms with Crippen molar-refractivity contribution in [2.24, 2.45) is 0 Å². The molecule has 1 aliphatic heterocycles. The Kier molecular flexibility index (Phi) is 4.06. The number of nitrogens with zero attached hydrogens (tertiary/aromatic N) is 5. The fourth-order valence-electron chi connectivity index (χ4n) is 2.81. The zero-order valence-corrected chi connectivity index (χ0v) is 13.3. The Morgan fingerprint density at radius 1 is 1.36 bits per heavy atom. The number of carbonyl (C=O) groups is 1. The molecular weight excluding hydrogens is 280 g/mol. The number of rotatable bonds is 3. The molecule has 1 aliphatic rings. The molecule has 1 fully saturated rings. The van der Waals surface area contributed by atoms with Crippen molar-refractivity contribution in [1.29, 1.82) is 0 Å². The molecule has 0 spiro atoms. The predicted molar refractivity (Wildman–Crippen MR) is 82.7 cm³/mol. The maximum Gasteiger partial charge on any atom is 0.291 e. The maximum absolute atomic E-state index is 12.3. The average Bonchev–Trinajstić information content (AvgIpc) is 2.93. The molecule has 3 rings (SSSR count). The number of hydrogen-bond donors (Lipinski definition) is 1. The molecule has 0 bridgehead atoms. The Balaban J connectivity index is 1.65. The van der Waals surface area contributed by atoms with E-state index in [9.17, 15) is 4.79 Å². The molecule has 3 heterocycles. The third-order valence-corrected chi connectivity index (χ3v) is 4.23. The second-order valence-corrected chi connectivity index (χ2v) is 6.11. The van der Waals surface area contributed by atoms with Crippen molar-refractivity contribution in [3.63, 3.8) is 0 Å². The molecule has 2 aromatic rings. The molecule has 118 valence electrons. The first kappa shape index (κ1) is 14.9. The van der Waals surface area contributed by atoms with E-state index >= 15 is 0 Å². The van der Waals surface area contributed by atoms with Gasteiger partial charge in [0, 0.05) is 37.1 Å². The summed E-state index contributed by atoms with van der Waals surface area (Å²) >= 11 is 0. The van der Waals surface area contributed by atoms with Crippen LogP contribution in [0, 0.1) is 6.92 Å². The number of hydrogen-bond acceptors (Lipinski definition) is 5. The summed E-state index contributed by atoms with van der Waals surface area (Å²) in [6.07, 6.45) is 3.60. The Morgan fingerprint density at radius 3 is 2.73 bits per heavy atom. The van der Waals surface area contributed by atoms with E-state index in [0.717, 1.165) is 31.6 Å². The smallest absolute Gasteiger partial charge is 0.291 e. The lowest BCUT2D eigenvalue weighted by Gasteiger charge is -2.34. The van der Waals surface area contributed by atoms with Crippen LogP contribution in [0.5, 0.6) is 0 Å². The van der Waals surface area contributed by atoms with Gasteiger partial charge in [-0.1, -0.05) is 0 Å². The number of carbonyl (C=O) groups excluding carboxylic acids is 1. The molecule has 0 aromatic carbocycles. The van der Waals surface area contributed by atoms with E-state index in [2.05, 4.69) is 39.1 Å². The van der Waals surface area contributed by atoms with Crippen LogP contribution in [0.2, 0.25) is 0 Å². The molecule has 0 aliphatic carbocycles. The van der Waals surface area contributed by atoms with Gasteiger partial charge in [-0.05, 0) is 39.7 Å². The molecule has 0 unspecified atom stereocenters. The van der Waals surface area contributed by atoms with Gasteiger partial charge in [0.1, 0.15) is 0 Å². The van der Waals surface area contributed by atoms with E-state index in [4.69, 9.17) is 0 Å². The molecule has 1 N–H and O–H groups in total. The number of aromatic nitrogens is 4. The maximum atomic E-state index is 12.3. The van der Waals surface area contributed by atoms with Crippen molar-refractivity contribution in [3.8, 4) is 0 Å². The van der Waals surface area contributed by atoms with Crippen LogP contribution in [0.4, 0.5) is 0 Å². The van der Waals surface area contributed by atoms with Crippen molar-refractivity contribution >= 4 is 11.7 Å². The molecule has 0 saturated carbocycles. The Morgan fingerprint density at radius 2 is 2.09 bits per heavy atom. The quantitative estimate of drug-likeness (QED) is 0.916. The van der Waals surface area contributed by atoms with Gasteiger partial charge < -0.3 is 10.2 Å². The summed E-state index contributed by atoms with van der Waals surface area (Å²) in [5, 5.41) is 7.28. The van der Waals surface area contributed by atoms with Crippen molar-refractivity contribution in [3.05, 3.63) is 23.8 Å². The lowest BCUT2D eigenvalue weighted by molar-refractivity contribution is 0.0890. The van der Waals surface area contributed by atoms with E-state index < -0.39 is 0 Å². The summed E-state index contributed by atoms with van der Waals surface area (Å²) in [6.45, 7) is 8.35. The van der Waals surface area contributed by atoms with Crippen LogP contribution in [0.25, 0.3) is 5.78 Å². The standard InChI is InChI=1S/C15H22N6O/c1-10(2)20-8-5-12(6-9-20)17-14(22)13-18-15-16-7-4-11(3)21(15)19-13/h4,7,10,12H,5-6,8-9H2,1-3H3,(H,17,22). The van der Waals surface area contributed by atoms with Gasteiger partial charge in [0.15, 0.2) is 0 Å². The number of piperidine rings is 1. The highest BCUT2D eigenvalue weighted by Crippen LogP contribution is 2.13. The topological polar surface area (TPSA) is 75.4 Å². The number of likely N-dealkylation sites (tertiary alicyclic amines) is 1. The average molecular weight is 302 g/mol. The monoisotopic (exact) mass is 302 g/mol. The Bertz CT molecular complexity index is 672. The minimum Gasteiger partial charge on any atom is -0.346 e. The fourth-order valence-corrected chi connectivity index (χ4v) is 2.81. The summed E-state index contributed by atoms with van der Waals surface area (Å²) in [7, 11) is 0. The third kappa shape index (κ3) is 2.94. The van der Waals surface area contributed by atoms with Gasteiger partial charge in [-0.2, -0.15) is 4.98 Å². The lowest BCUT2D eigenvalue weighted by atomic mass is 10.0. The normalized spacial score (nSPS) is 17.3. The van der Waals surface area contributed by atoms with E-state index in [1.165, 1.54) is 0 Å². The minimum atomic E-state index is -0.215. The number of fused-ring (bicyclic) bond motifs is 1. The second-order valence-electron chi connectivity index (χ2n) is 6.11. The van der Waals surface area contributed by atoms with Gasteiger partial charge in [0.2, 0.25) is 5.82 Å². The van der Waals surface area contributed by atoms with Crippen molar-refractivity contribution < 1.29 is 4.79 Å². The van der Waals surface area contributed by atoms with Crippen LogP contribution in [-0.2, 0) is 0 Å². The molecule has 22 heavy (non-hydrogen) atoms. The largest absolute Gasteiger partial charge is 0.346 e. The summed E-state index contributed by atoms with van der Waals surface area (Å²) < 4.78 is 1.59. The van der Waals surface area contributed by atoms with E-state index in [1.807, 2.05) is 13.0 Å². The molecule has 0 radical (unpaired) electrons. The van der Waals surface area contributed by atoms with Gasteiger partial charge in [-0.15, -0.1) is 5.10 Å². The molecule has 1 saturated heterocycles. The van der Waals surface area contributed by atoms with E-state index in [1.54, 1.807) is 10.7 Å². The summed E-state index contributed by atoms with van der Waals surface area (Å²) in [4.78, 5) is 23.1. The molecular formula is C15H22N6O. The van der Waals surface area contributed by atoms with Crippen LogP contribution in [0.1, 0.15) is 43.0 Å². The highest BCUT2D eigenvalue weighted by molar-refractivity contribution is 5.91. The molecule has 7 heteroatoms. The first-order chi connectivity index (χ1) is 10.5. The zero-order valence-electron chi connectivity index (χ0n) is 13.3. The lowest BCUT2D eigenvalue weighted by Crippen LogP contribution is -2.46. The third-order valence-electron chi connectivity index (χ3n) is 4.23.